The molecule has 0 aliphatic carbocycles. The van der Waals surface area contributed by atoms with E-state index >= 15 is 0 Å². The van der Waals surface area contributed by atoms with Gasteiger partial charge in [-0.1, -0.05) is 22.9 Å². The quantitative estimate of drug-likeness (QED) is 0.0424. The van der Waals surface area contributed by atoms with Gasteiger partial charge in [-0.3, -0.25) is 18.1 Å². The van der Waals surface area contributed by atoms with Crippen molar-refractivity contribution in [2.75, 3.05) is 25.6 Å². The highest BCUT2D eigenvalue weighted by Crippen LogP contribution is 2.51. The molecule has 1 amide bonds. The van der Waals surface area contributed by atoms with Crippen molar-refractivity contribution >= 4 is 35.6 Å². The van der Waals surface area contributed by atoms with Gasteiger partial charge in [-0.2, -0.15) is 13.4 Å². The molecule has 3 aromatic rings. The van der Waals surface area contributed by atoms with Crippen LogP contribution in [-0.2, 0) is 59.9 Å². The van der Waals surface area contributed by atoms with Gasteiger partial charge in [0.2, 0.25) is 5.91 Å². The molecule has 28 heteroatoms. The van der Waals surface area contributed by atoms with Gasteiger partial charge in [-0.25, -0.2) is 23.4 Å². The van der Waals surface area contributed by atoms with Gasteiger partial charge in [0.15, 0.2) is 6.23 Å². The Kier molecular flexibility index (Phi) is 14.4. The first-order chi connectivity index (χ1) is 27.6. The molecule has 0 spiro atoms. The minimum atomic E-state index is -5.66. The summed E-state index contributed by atoms with van der Waals surface area (Å²) in [5.41, 5.74) is 5.52. The number of carbonyl (C=O) groups is 2. The van der Waals surface area contributed by atoms with Gasteiger partial charge in [-0.15, -0.1) is 5.10 Å². The Balaban J connectivity index is 1.23. The Hall–Kier alpha value is -4.32. The molecule has 1 unspecified atom stereocenters. The summed E-state index contributed by atoms with van der Waals surface area (Å²) in [6.45, 7) is -1.39. The summed E-state index contributed by atoms with van der Waals surface area (Å²) in [5, 5.41) is 82.6. The summed E-state index contributed by atoms with van der Waals surface area (Å²) >= 11 is 0. The molecule has 2 saturated heterocycles. The first-order valence-corrected chi connectivity index (χ1v) is 20.3. The Morgan fingerprint density at radius 1 is 1.15 bits per heavy atom. The summed E-state index contributed by atoms with van der Waals surface area (Å²) in [4.78, 5) is 51.9. The van der Waals surface area contributed by atoms with Crippen LogP contribution < -0.4 is 16.7 Å². The van der Waals surface area contributed by atoms with Gasteiger partial charge in [0.1, 0.15) is 49.0 Å². The number of carbonyl (C=O) groups excluding carboxylic acids is 1. The Morgan fingerprint density at radius 3 is 2.49 bits per heavy atom. The fourth-order valence-electron chi connectivity index (χ4n) is 6.02. The number of aliphatic hydroxyl groups is 6. The maximum absolute atomic E-state index is 13.1. The van der Waals surface area contributed by atoms with Crippen LogP contribution >= 0.6 is 7.82 Å². The number of carboxylic acids is 1. The number of ether oxygens (including phenoxy) is 2. The molecule has 59 heavy (non-hydrogen) atoms. The molecule has 1 aromatic carbocycles. The monoisotopic (exact) mass is 879 g/mol. The fraction of sp³-hybridized carbons (Fsp3) is 0.548. The molecule has 2 aliphatic rings. The SMILES string of the molecule is Cc1ccc(S(=O)(=O)OCCc2cn(CC(=O)N[C@H]3[C@H]([C@H](O)[C@H](O)CO)O[C@](OP(=O)(O)OC[C@H]4O[C@@H](n5ccc(N)nc5=O)[C@H](O)[C@@H]4O)(C(=O)O)C[C@@H]3O)nn2)cc1. The Labute approximate surface area is 333 Å². The van der Waals surface area contributed by atoms with E-state index in [2.05, 4.69) is 20.6 Å². The van der Waals surface area contributed by atoms with Gasteiger partial charge in [0.25, 0.3) is 15.9 Å². The number of hydrogen-bond donors (Lipinski definition) is 10. The molecule has 326 valence electrons. The van der Waals surface area contributed by atoms with Gasteiger partial charge < -0.3 is 61.2 Å². The van der Waals surface area contributed by atoms with Crippen molar-refractivity contribution in [2.45, 2.75) is 92.0 Å². The summed E-state index contributed by atoms with van der Waals surface area (Å²) in [6, 6.07) is 5.36. The standard InChI is InChI=1S/C31H42N7O19PS/c1-15-2-4-17(5-3-15)59(51,52)54-9-7-16-11-37(36-35-16)12-22(42)34-23-18(40)10-31(29(46)47,56-27(23)24(43)19(41)13-39)57-58(49,50)53-14-20-25(44)26(45)28(55-20)38-8-6-21(32)33-30(38)48/h2-6,8,11,18-20,23-28,39-41,43-45H,7,9-10,12-14H2,1H3,(H,34,42)(H,46,47)(H,49,50)(H2,32,33,48)/t18-,19+,20+,23+,24+,25+,26+,27+,28+,31+/m0/s1. The van der Waals surface area contributed by atoms with Crippen molar-refractivity contribution in [1.29, 1.82) is 0 Å². The number of rotatable bonds is 18. The molecule has 0 saturated carbocycles. The van der Waals surface area contributed by atoms with E-state index in [1.54, 1.807) is 19.1 Å². The number of aromatic nitrogens is 5. The predicted octanol–water partition coefficient (Wildman–Crippen LogP) is -4.74. The number of phosphoric acid groups is 1. The third-order valence-corrected chi connectivity index (χ3v) is 11.4. The number of aliphatic carboxylic acids is 1. The first kappa shape index (κ1) is 45.8. The molecule has 2 aliphatic heterocycles. The first-order valence-electron chi connectivity index (χ1n) is 17.4. The van der Waals surface area contributed by atoms with Crippen LogP contribution in [0.3, 0.4) is 0 Å². The number of phosphoric ester groups is 1. The molecule has 2 fully saturated rings. The largest absolute Gasteiger partial charge is 0.477 e. The van der Waals surface area contributed by atoms with Crippen LogP contribution in [0.1, 0.15) is 23.9 Å². The van der Waals surface area contributed by atoms with Crippen LogP contribution in [0.4, 0.5) is 5.82 Å². The van der Waals surface area contributed by atoms with Crippen LogP contribution in [0.15, 0.2) is 52.4 Å². The van der Waals surface area contributed by atoms with Crippen LogP contribution in [0.2, 0.25) is 0 Å². The number of anilines is 1. The van der Waals surface area contributed by atoms with Gasteiger partial charge in [0, 0.05) is 25.2 Å². The normalized spacial score (nSPS) is 28.1. The second kappa shape index (κ2) is 18.5. The van der Waals surface area contributed by atoms with Gasteiger partial charge in [-0.05, 0) is 25.1 Å². The minimum Gasteiger partial charge on any atom is -0.477 e. The Morgan fingerprint density at radius 2 is 1.85 bits per heavy atom. The number of nitrogens with one attached hydrogen (secondary N) is 1. The summed E-state index contributed by atoms with van der Waals surface area (Å²) in [6.07, 6.45) is -14.4. The number of aliphatic hydroxyl groups excluding tert-OH is 6. The van der Waals surface area contributed by atoms with Crippen molar-refractivity contribution in [3.63, 3.8) is 0 Å². The second-order valence-electron chi connectivity index (χ2n) is 13.4. The van der Waals surface area contributed by atoms with Crippen LogP contribution in [-0.4, -0.2) is 160 Å². The van der Waals surface area contributed by atoms with E-state index in [4.69, 9.17) is 28.4 Å². The molecule has 11 atom stereocenters. The molecule has 26 nitrogen and oxygen atoms in total. The molecule has 0 radical (unpaired) electrons. The van der Waals surface area contributed by atoms with E-state index in [0.29, 0.717) is 0 Å². The number of carboxylic acid groups (broad SMARTS) is 1. The lowest BCUT2D eigenvalue weighted by Crippen LogP contribution is -2.68. The van der Waals surface area contributed by atoms with Crippen LogP contribution in [0.5, 0.6) is 0 Å². The number of aryl methyl sites for hydroxylation is 1. The lowest BCUT2D eigenvalue weighted by Gasteiger charge is -2.46. The van der Waals surface area contributed by atoms with Gasteiger partial charge >= 0.3 is 19.5 Å². The highest BCUT2D eigenvalue weighted by atomic mass is 32.2. The molecule has 2 aromatic heterocycles. The lowest BCUT2D eigenvalue weighted by molar-refractivity contribution is -0.289. The molecule has 11 N–H and O–H groups in total. The highest BCUT2D eigenvalue weighted by molar-refractivity contribution is 7.86. The number of amides is 1. The summed E-state index contributed by atoms with van der Waals surface area (Å²) in [7, 11) is -9.73. The molecule has 0 bridgehead atoms. The lowest BCUT2D eigenvalue weighted by atomic mass is 9.88. The van der Waals surface area contributed by atoms with Crippen molar-refractivity contribution in [3.8, 4) is 0 Å². The maximum Gasteiger partial charge on any atom is 0.475 e. The van der Waals surface area contributed by atoms with E-state index in [1.165, 1.54) is 24.4 Å². The van der Waals surface area contributed by atoms with E-state index in [1.807, 2.05) is 0 Å². The van der Waals surface area contributed by atoms with Crippen LogP contribution in [0, 0.1) is 6.92 Å². The number of benzene rings is 1. The van der Waals surface area contributed by atoms with E-state index in [-0.39, 0.29) is 29.4 Å². The van der Waals surface area contributed by atoms with Gasteiger partial charge in [0.05, 0.1) is 42.6 Å². The summed E-state index contributed by atoms with van der Waals surface area (Å²) in [5.74, 6) is -6.63. The number of hydrogen-bond acceptors (Lipinski definition) is 21. The maximum atomic E-state index is 13.1. The van der Waals surface area contributed by atoms with E-state index in [0.717, 1.165) is 21.0 Å². The zero-order valence-corrected chi connectivity index (χ0v) is 32.4. The Bertz CT molecular complexity index is 2180. The number of nitrogens with two attached hydrogens (primary N) is 1. The number of nitrogen functional groups attached to an aromatic ring is 1. The smallest absolute Gasteiger partial charge is 0.475 e. The van der Waals surface area contributed by atoms with Crippen molar-refractivity contribution in [1.82, 2.24) is 29.9 Å². The van der Waals surface area contributed by atoms with E-state index < -0.39 is 122 Å². The average Bonchev–Trinajstić information content (AvgIpc) is 3.72. The van der Waals surface area contributed by atoms with Crippen molar-refractivity contribution in [3.05, 3.63) is 64.5 Å². The van der Waals surface area contributed by atoms with Crippen LogP contribution in [0.25, 0.3) is 0 Å². The molecular formula is C31H42N7O19PS. The third kappa shape index (κ3) is 10.9. The fourth-order valence-corrected chi connectivity index (χ4v) is 7.88. The topological polar surface area (TPSA) is 397 Å². The second-order valence-corrected chi connectivity index (χ2v) is 16.4. The average molecular weight is 880 g/mol. The van der Waals surface area contributed by atoms with Crippen molar-refractivity contribution < 1.29 is 85.9 Å². The predicted molar refractivity (Wildman–Crippen MR) is 191 cm³/mol. The minimum absolute atomic E-state index is 0.0513. The molecule has 5 rings (SSSR count). The molecule has 4 heterocycles. The molecular weight excluding hydrogens is 837 g/mol. The van der Waals surface area contributed by atoms with Crippen molar-refractivity contribution in [2.24, 2.45) is 0 Å². The third-order valence-electron chi connectivity index (χ3n) is 9.07. The number of nitrogens with zero attached hydrogens (tertiary/aromatic N) is 5. The zero-order chi connectivity index (χ0) is 43.4. The highest BCUT2D eigenvalue weighted by Gasteiger charge is 2.59. The van der Waals surface area contributed by atoms with E-state index in [9.17, 15) is 68.0 Å². The zero-order valence-electron chi connectivity index (χ0n) is 30.7. The summed E-state index contributed by atoms with van der Waals surface area (Å²) < 4.78 is 65.4.